The highest BCUT2D eigenvalue weighted by molar-refractivity contribution is 6.03. The van der Waals surface area contributed by atoms with E-state index in [-0.39, 0.29) is 17.1 Å². The van der Waals surface area contributed by atoms with E-state index in [4.69, 9.17) is 9.47 Å². The zero-order valence-corrected chi connectivity index (χ0v) is 12.6. The molecule has 0 heterocycles. The van der Waals surface area contributed by atoms with Crippen molar-refractivity contribution in [3.05, 3.63) is 11.1 Å². The summed E-state index contributed by atoms with van der Waals surface area (Å²) in [6.45, 7) is 2.25. The van der Waals surface area contributed by atoms with Gasteiger partial charge in [-0.05, 0) is 37.5 Å². The summed E-state index contributed by atoms with van der Waals surface area (Å²) in [7, 11) is 3.04. The first kappa shape index (κ1) is 14.2. The molecule has 0 aliphatic heterocycles. The van der Waals surface area contributed by atoms with Crippen molar-refractivity contribution in [3.8, 4) is 0 Å². The van der Waals surface area contributed by atoms with Gasteiger partial charge < -0.3 is 14.6 Å². The number of aliphatic hydroxyl groups excluding tert-OH is 1. The van der Waals surface area contributed by atoms with Gasteiger partial charge in [-0.15, -0.1) is 0 Å². The maximum Gasteiger partial charge on any atom is 0.233 e. The Bertz CT molecular complexity index is 463. The van der Waals surface area contributed by atoms with Crippen LogP contribution in [0.25, 0.3) is 0 Å². The fraction of sp³-hybridized carbons (Fsp3) is 0.812. The molecule has 1 N–H and O–H groups in total. The van der Waals surface area contributed by atoms with Crippen molar-refractivity contribution in [2.75, 3.05) is 14.2 Å². The fourth-order valence-corrected chi connectivity index (χ4v) is 4.58. The van der Waals surface area contributed by atoms with E-state index in [1.807, 2.05) is 0 Å². The van der Waals surface area contributed by atoms with Gasteiger partial charge in [-0.3, -0.25) is 4.79 Å². The predicted octanol–water partition coefficient (Wildman–Crippen LogP) is 2.21. The van der Waals surface area contributed by atoms with E-state index >= 15 is 0 Å². The largest absolute Gasteiger partial charge is 0.393 e. The van der Waals surface area contributed by atoms with Gasteiger partial charge >= 0.3 is 0 Å². The van der Waals surface area contributed by atoms with Gasteiger partial charge in [0.2, 0.25) is 11.6 Å². The molecule has 0 aromatic carbocycles. The van der Waals surface area contributed by atoms with Crippen LogP contribution in [-0.2, 0) is 14.3 Å². The number of carbonyl (C=O) groups excluding carboxylic acids is 1. The fourth-order valence-electron chi connectivity index (χ4n) is 4.58. The van der Waals surface area contributed by atoms with Gasteiger partial charge in [0.15, 0.2) is 0 Å². The van der Waals surface area contributed by atoms with Crippen LogP contribution in [0.15, 0.2) is 11.1 Å². The Balaban J connectivity index is 2.13. The van der Waals surface area contributed by atoms with Gasteiger partial charge in [0.1, 0.15) is 0 Å². The van der Waals surface area contributed by atoms with E-state index in [1.54, 1.807) is 0 Å². The van der Waals surface area contributed by atoms with Crippen LogP contribution in [0.4, 0.5) is 0 Å². The average molecular weight is 280 g/mol. The summed E-state index contributed by atoms with van der Waals surface area (Å²) in [5.41, 5.74) is 2.16. The molecule has 112 valence electrons. The number of rotatable bonds is 2. The first-order chi connectivity index (χ1) is 9.47. The second kappa shape index (κ2) is 4.65. The summed E-state index contributed by atoms with van der Waals surface area (Å²) in [5.74, 6) is -1.22. The Hall–Kier alpha value is -0.710. The van der Waals surface area contributed by atoms with Crippen LogP contribution in [0.3, 0.4) is 0 Å². The molecule has 0 aromatic heterocycles. The Morgan fingerprint density at radius 1 is 1.25 bits per heavy atom. The lowest BCUT2D eigenvalue weighted by molar-refractivity contribution is -0.215. The molecule has 3 aliphatic rings. The molecule has 4 heteroatoms. The molecule has 2 unspecified atom stereocenters. The monoisotopic (exact) mass is 280 g/mol. The molecule has 1 fully saturated rings. The van der Waals surface area contributed by atoms with Crippen molar-refractivity contribution < 1.29 is 19.4 Å². The lowest BCUT2D eigenvalue weighted by atomic mass is 9.69. The minimum Gasteiger partial charge on any atom is -0.393 e. The van der Waals surface area contributed by atoms with Crippen molar-refractivity contribution >= 4 is 5.78 Å². The minimum atomic E-state index is -1.19. The van der Waals surface area contributed by atoms with E-state index in [0.29, 0.717) is 6.42 Å². The minimum absolute atomic E-state index is 0.00222. The molecule has 0 amide bonds. The molecule has 3 aliphatic carbocycles. The van der Waals surface area contributed by atoms with Gasteiger partial charge in [-0.25, -0.2) is 0 Å². The summed E-state index contributed by atoms with van der Waals surface area (Å²) in [6.07, 6.45) is 4.74. The smallest absolute Gasteiger partial charge is 0.233 e. The number of aliphatic hydroxyl groups is 1. The van der Waals surface area contributed by atoms with Gasteiger partial charge in [-0.2, -0.15) is 0 Å². The number of carbonyl (C=O) groups is 1. The van der Waals surface area contributed by atoms with E-state index in [9.17, 15) is 9.90 Å². The number of ether oxygens (including phenoxy) is 2. The van der Waals surface area contributed by atoms with Gasteiger partial charge in [0.25, 0.3) is 0 Å². The lowest BCUT2D eigenvalue weighted by Gasteiger charge is -2.42. The third kappa shape index (κ3) is 1.74. The van der Waals surface area contributed by atoms with Crippen molar-refractivity contribution in [3.63, 3.8) is 0 Å². The SMILES string of the molecule is COC1(OC)CC2C3=C(CC[C@]3(C)CCCC2O)C1=O. The second-order valence-electron chi connectivity index (χ2n) is 6.71. The molecule has 3 atom stereocenters. The molecular formula is C16H24O4. The third-order valence-corrected chi connectivity index (χ3v) is 5.73. The number of hydrogen-bond acceptors (Lipinski definition) is 4. The molecule has 0 radical (unpaired) electrons. The summed E-state index contributed by atoms with van der Waals surface area (Å²) < 4.78 is 10.9. The molecule has 1 saturated carbocycles. The molecule has 20 heavy (non-hydrogen) atoms. The third-order valence-electron chi connectivity index (χ3n) is 5.73. The normalized spacial score (nSPS) is 39.7. The van der Waals surface area contributed by atoms with Gasteiger partial charge in [-0.1, -0.05) is 12.5 Å². The Morgan fingerprint density at radius 3 is 2.60 bits per heavy atom. The second-order valence-corrected chi connectivity index (χ2v) is 6.71. The van der Waals surface area contributed by atoms with Crippen molar-refractivity contribution in [1.29, 1.82) is 0 Å². The zero-order valence-electron chi connectivity index (χ0n) is 12.6. The maximum atomic E-state index is 12.8. The van der Waals surface area contributed by atoms with Crippen LogP contribution in [-0.4, -0.2) is 37.0 Å². The van der Waals surface area contributed by atoms with Crippen LogP contribution in [0.5, 0.6) is 0 Å². The average Bonchev–Trinajstić information content (AvgIpc) is 2.73. The molecule has 3 rings (SSSR count). The van der Waals surface area contributed by atoms with Crippen LogP contribution in [0.2, 0.25) is 0 Å². The number of methoxy groups -OCH3 is 2. The predicted molar refractivity (Wildman–Crippen MR) is 74.1 cm³/mol. The zero-order chi connectivity index (χ0) is 14.5. The highest BCUT2D eigenvalue weighted by Gasteiger charge is 2.56. The lowest BCUT2D eigenvalue weighted by Crippen LogP contribution is -2.50. The van der Waals surface area contributed by atoms with Crippen molar-refractivity contribution in [2.45, 2.75) is 57.3 Å². The molecular weight excluding hydrogens is 256 g/mol. The molecule has 0 aromatic rings. The molecule has 4 nitrogen and oxygen atoms in total. The standard InChI is InChI=1S/C16H24O4/c1-15-7-4-5-12(17)11-9-16(19-2,20-3)14(18)10(6-8-15)13(11)15/h11-12,17H,4-9H2,1-3H3/t11?,12?,15-/m0/s1. The Labute approximate surface area is 120 Å². The van der Waals surface area contributed by atoms with Crippen molar-refractivity contribution in [2.24, 2.45) is 11.3 Å². The van der Waals surface area contributed by atoms with E-state index in [1.165, 1.54) is 19.8 Å². The molecule has 0 spiro atoms. The highest BCUT2D eigenvalue weighted by Crippen LogP contribution is 2.57. The van der Waals surface area contributed by atoms with Gasteiger partial charge in [0.05, 0.1) is 6.10 Å². The summed E-state index contributed by atoms with van der Waals surface area (Å²) in [4.78, 5) is 12.8. The maximum absolute atomic E-state index is 12.8. The number of Topliss-reactive ketones (excluding diaryl/α,β-unsaturated/α-hetero) is 1. The van der Waals surface area contributed by atoms with Gasteiger partial charge in [0, 0.05) is 32.1 Å². The van der Waals surface area contributed by atoms with Crippen molar-refractivity contribution in [1.82, 2.24) is 0 Å². The summed E-state index contributed by atoms with van der Waals surface area (Å²) in [6, 6.07) is 0. The van der Waals surface area contributed by atoms with Crippen LogP contribution in [0, 0.1) is 11.3 Å². The Morgan fingerprint density at radius 2 is 1.95 bits per heavy atom. The van der Waals surface area contributed by atoms with Crippen LogP contribution >= 0.6 is 0 Å². The Kier molecular flexibility index (Phi) is 3.31. The first-order valence-electron chi connectivity index (χ1n) is 7.54. The summed E-state index contributed by atoms with van der Waals surface area (Å²) >= 11 is 0. The number of ketones is 1. The van der Waals surface area contributed by atoms with E-state index in [0.717, 1.165) is 37.7 Å². The topological polar surface area (TPSA) is 55.8 Å². The molecule has 0 saturated heterocycles. The van der Waals surface area contributed by atoms with Crippen LogP contribution < -0.4 is 0 Å². The highest BCUT2D eigenvalue weighted by atomic mass is 16.7. The van der Waals surface area contributed by atoms with Crippen LogP contribution in [0.1, 0.15) is 45.4 Å². The quantitative estimate of drug-likeness (QED) is 0.788. The van der Waals surface area contributed by atoms with E-state index < -0.39 is 11.9 Å². The first-order valence-corrected chi connectivity index (χ1v) is 7.54. The molecule has 0 bridgehead atoms. The van der Waals surface area contributed by atoms with E-state index in [2.05, 4.69) is 6.92 Å². The number of hydrogen-bond donors (Lipinski definition) is 1. The summed E-state index contributed by atoms with van der Waals surface area (Å²) in [5, 5.41) is 10.5.